The third kappa shape index (κ3) is 4.33. The lowest BCUT2D eigenvalue weighted by Crippen LogP contribution is -2.51. The molecule has 5 nitrogen and oxygen atoms in total. The first kappa shape index (κ1) is 24.5. The molecule has 3 fully saturated rings. The number of allylic oxidation sites excluding steroid dienone is 2. The summed E-state index contributed by atoms with van der Waals surface area (Å²) in [6.07, 6.45) is 12.9. The van der Waals surface area contributed by atoms with E-state index >= 15 is 0 Å². The van der Waals surface area contributed by atoms with Crippen molar-refractivity contribution in [3.8, 4) is 11.8 Å². The van der Waals surface area contributed by atoms with Gasteiger partial charge >= 0.3 is 5.97 Å². The highest BCUT2D eigenvalue weighted by Crippen LogP contribution is 2.66. The zero-order chi connectivity index (χ0) is 24.8. The largest absolute Gasteiger partial charge is 0.451 e. The van der Waals surface area contributed by atoms with Crippen LogP contribution in [-0.2, 0) is 19.1 Å². The van der Waals surface area contributed by atoms with Crippen LogP contribution in [0.1, 0.15) is 84.5 Å². The quantitative estimate of drug-likeness (QED) is 0.361. The van der Waals surface area contributed by atoms with Gasteiger partial charge in [0.2, 0.25) is 0 Å². The van der Waals surface area contributed by atoms with Crippen LogP contribution < -0.4 is 0 Å². The highest BCUT2D eigenvalue weighted by Gasteiger charge is 2.60. The molecule has 3 saturated carbocycles. The topological polar surface area (TPSA) is 80.7 Å². The van der Waals surface area contributed by atoms with Crippen LogP contribution in [0.15, 0.2) is 23.3 Å². The molecule has 0 heterocycles. The number of hydrogen-bond acceptors (Lipinski definition) is 5. The van der Waals surface area contributed by atoms with E-state index in [1.54, 1.807) is 0 Å². The van der Waals surface area contributed by atoms with Gasteiger partial charge in [-0.25, -0.2) is 4.79 Å². The van der Waals surface area contributed by atoms with Gasteiger partial charge in [0.05, 0.1) is 6.10 Å². The lowest BCUT2D eigenvalue weighted by molar-refractivity contribution is -0.136. The molecule has 0 amide bonds. The molecule has 5 aliphatic rings. The molecule has 0 aromatic carbocycles. The molecule has 0 aromatic rings. The predicted octanol–water partition coefficient (Wildman–Crippen LogP) is 4.72. The molecule has 0 spiro atoms. The van der Waals surface area contributed by atoms with Crippen LogP contribution in [0.4, 0.5) is 0 Å². The van der Waals surface area contributed by atoms with Crippen molar-refractivity contribution in [2.24, 2.45) is 34.5 Å². The van der Waals surface area contributed by atoms with Crippen LogP contribution in [-0.4, -0.2) is 35.4 Å². The molecule has 3 unspecified atom stereocenters. The molecule has 5 rings (SSSR count). The van der Waals surface area contributed by atoms with Gasteiger partial charge in [-0.15, -0.1) is 0 Å². The molecule has 0 saturated heterocycles. The van der Waals surface area contributed by atoms with Crippen molar-refractivity contribution in [3.05, 3.63) is 23.3 Å². The summed E-state index contributed by atoms with van der Waals surface area (Å²) < 4.78 is 5.20. The van der Waals surface area contributed by atoms with Crippen molar-refractivity contribution >= 4 is 17.5 Å². The van der Waals surface area contributed by atoms with Crippen LogP contribution in [0, 0.1) is 46.3 Å². The summed E-state index contributed by atoms with van der Waals surface area (Å²) in [5, 5.41) is 11.3. The fraction of sp³-hybridized carbons (Fsp3) is 0.700. The summed E-state index contributed by atoms with van der Waals surface area (Å²) in [5.74, 6) is 6.96. The monoisotopic (exact) mass is 478 g/mol. The number of Topliss-reactive ketones (excluding diaryl/α,β-unsaturated/α-hetero) is 1. The average molecular weight is 479 g/mol. The Bertz CT molecular complexity index is 1040. The minimum atomic E-state index is -0.605. The fourth-order valence-electron chi connectivity index (χ4n) is 8.29. The normalized spacial score (nSPS) is 40.4. The zero-order valence-electron chi connectivity index (χ0n) is 21.1. The van der Waals surface area contributed by atoms with Crippen molar-refractivity contribution in [3.63, 3.8) is 0 Å². The highest BCUT2D eigenvalue weighted by atomic mass is 16.5. The van der Waals surface area contributed by atoms with Crippen molar-refractivity contribution < 1.29 is 24.2 Å². The minimum Gasteiger partial charge on any atom is -0.451 e. The Labute approximate surface area is 208 Å². The highest BCUT2D eigenvalue weighted by molar-refractivity contribution is 5.97. The van der Waals surface area contributed by atoms with Crippen LogP contribution >= 0.6 is 0 Å². The van der Waals surface area contributed by atoms with E-state index in [9.17, 15) is 19.5 Å². The van der Waals surface area contributed by atoms with Gasteiger partial charge in [0, 0.05) is 30.8 Å². The number of fused-ring (bicyclic) bond motifs is 5. The molecule has 7 atom stereocenters. The molecule has 35 heavy (non-hydrogen) atoms. The summed E-state index contributed by atoms with van der Waals surface area (Å²) in [6.45, 7) is 4.64. The first-order valence-corrected chi connectivity index (χ1v) is 13.5. The lowest BCUT2D eigenvalue weighted by atomic mass is 9.47. The van der Waals surface area contributed by atoms with E-state index in [2.05, 4.69) is 25.7 Å². The van der Waals surface area contributed by atoms with E-state index in [0.29, 0.717) is 42.6 Å². The van der Waals surface area contributed by atoms with Gasteiger partial charge < -0.3 is 9.84 Å². The number of carbonyl (C=O) groups is 3. The second-order valence-electron chi connectivity index (χ2n) is 12.1. The van der Waals surface area contributed by atoms with Crippen LogP contribution in [0.3, 0.4) is 0 Å². The van der Waals surface area contributed by atoms with Gasteiger partial charge in [0.15, 0.2) is 11.6 Å². The van der Waals surface area contributed by atoms with Crippen LogP contribution in [0.25, 0.3) is 0 Å². The van der Waals surface area contributed by atoms with Crippen molar-refractivity contribution in [1.82, 2.24) is 0 Å². The van der Waals surface area contributed by atoms with Crippen LogP contribution in [0.5, 0.6) is 0 Å². The summed E-state index contributed by atoms with van der Waals surface area (Å²) in [4.78, 5) is 36.0. The molecule has 188 valence electrons. The number of carbonyl (C=O) groups excluding carboxylic acids is 3. The second kappa shape index (κ2) is 9.36. The number of hydrogen-bond donors (Lipinski definition) is 1. The van der Waals surface area contributed by atoms with Gasteiger partial charge in [0.1, 0.15) is 6.61 Å². The zero-order valence-corrected chi connectivity index (χ0v) is 21.1. The number of ether oxygens (including phenoxy) is 1. The Morgan fingerprint density at radius 3 is 2.77 bits per heavy atom. The van der Waals surface area contributed by atoms with Gasteiger partial charge in [0.25, 0.3) is 0 Å². The Hall–Kier alpha value is -2.19. The minimum absolute atomic E-state index is 0.00239. The molecule has 1 N–H and O–H groups in total. The number of rotatable bonds is 3. The van der Waals surface area contributed by atoms with Crippen molar-refractivity contribution in [2.45, 2.75) is 90.6 Å². The third-order valence-corrected chi connectivity index (χ3v) is 10.3. The van der Waals surface area contributed by atoms with Gasteiger partial charge in [-0.05, 0) is 91.9 Å². The average Bonchev–Trinajstić information content (AvgIpc) is 3.09. The Morgan fingerprint density at radius 2 is 1.97 bits per heavy atom. The Balaban J connectivity index is 1.22. The first-order valence-electron chi connectivity index (χ1n) is 13.5. The van der Waals surface area contributed by atoms with Gasteiger partial charge in [-0.1, -0.05) is 31.4 Å². The van der Waals surface area contributed by atoms with Crippen molar-refractivity contribution in [2.75, 3.05) is 6.61 Å². The molecule has 5 heteroatoms. The molecule has 0 aliphatic heterocycles. The Morgan fingerprint density at radius 1 is 1.14 bits per heavy atom. The summed E-state index contributed by atoms with van der Waals surface area (Å²) in [5.41, 5.74) is 1.96. The fourth-order valence-corrected chi connectivity index (χ4v) is 8.29. The maximum atomic E-state index is 12.1. The first-order chi connectivity index (χ1) is 16.7. The third-order valence-electron chi connectivity index (χ3n) is 10.3. The van der Waals surface area contributed by atoms with E-state index in [4.69, 9.17) is 4.74 Å². The second-order valence-corrected chi connectivity index (χ2v) is 12.1. The van der Waals surface area contributed by atoms with E-state index in [-0.39, 0.29) is 34.9 Å². The Kier molecular flexibility index (Phi) is 6.55. The predicted molar refractivity (Wildman–Crippen MR) is 132 cm³/mol. The summed E-state index contributed by atoms with van der Waals surface area (Å²) in [6, 6.07) is 0. The molecule has 0 aromatic heterocycles. The summed E-state index contributed by atoms with van der Waals surface area (Å²) >= 11 is 0. The molecule has 0 bridgehead atoms. The van der Waals surface area contributed by atoms with E-state index in [0.717, 1.165) is 51.4 Å². The van der Waals surface area contributed by atoms with E-state index in [1.807, 2.05) is 12.2 Å². The molecular weight excluding hydrogens is 440 g/mol. The maximum absolute atomic E-state index is 12.1. The van der Waals surface area contributed by atoms with Gasteiger partial charge in [-0.3, -0.25) is 9.59 Å². The number of ketones is 2. The number of aliphatic hydroxyl groups is 1. The number of aliphatic hydroxyl groups excluding tert-OH is 1. The van der Waals surface area contributed by atoms with E-state index < -0.39 is 12.1 Å². The smallest absolute Gasteiger partial charge is 0.384 e. The van der Waals surface area contributed by atoms with E-state index in [1.165, 1.54) is 5.57 Å². The standard InChI is InChI=1S/C30H38O5/c1-29-14-12-22(31)17-21(29)10-11-23-24(29)13-15-30(2)25(23)16-19(28(30)34)7-5-9-27(33)35-18-20-6-3-4-8-26(20)32/h6,17,19,23-25,28,34H,3-4,7-8,10-16,18H2,1-2H3/t19-,23?,24?,25?,28+,29+,30+/m1/s1. The van der Waals surface area contributed by atoms with Crippen LogP contribution in [0.2, 0.25) is 0 Å². The molecular formula is C30H38O5. The molecule has 0 radical (unpaired) electrons. The maximum Gasteiger partial charge on any atom is 0.384 e. The number of esters is 1. The SMILES string of the molecule is C[C@]12CCC(=O)C=C1CCC1C2CC[C@@]2(C)C1C[C@@H](CC#CC(=O)OCC1=CCCCC1=O)[C@@H]2O. The van der Waals surface area contributed by atoms with Gasteiger partial charge in [-0.2, -0.15) is 0 Å². The summed E-state index contributed by atoms with van der Waals surface area (Å²) in [7, 11) is 0. The van der Waals surface area contributed by atoms with Crippen molar-refractivity contribution in [1.29, 1.82) is 0 Å². The molecule has 5 aliphatic carbocycles. The lowest BCUT2D eigenvalue weighted by Gasteiger charge is -2.57.